The number of pyridine rings is 1. The van der Waals surface area contributed by atoms with E-state index < -0.39 is 0 Å². The number of nitrogens with one attached hydrogen (secondary N) is 1. The minimum absolute atomic E-state index is 0.560. The lowest BCUT2D eigenvalue weighted by atomic mass is 10.3. The first-order chi connectivity index (χ1) is 10.3. The zero-order chi connectivity index (χ0) is 14.9. The van der Waals surface area contributed by atoms with E-state index in [1.165, 1.54) is 0 Å². The van der Waals surface area contributed by atoms with Crippen molar-refractivity contribution < 1.29 is 4.74 Å². The van der Waals surface area contributed by atoms with Crippen LogP contribution in [0.5, 0.6) is 5.88 Å². The Labute approximate surface area is 125 Å². The molecule has 0 amide bonds. The first-order valence-corrected chi connectivity index (χ1v) is 7.46. The van der Waals surface area contributed by atoms with Gasteiger partial charge in [0.25, 0.3) is 0 Å². The standard InChI is InChI=1S/C16H22N4O/c1-3-9-18-15-12-16(20-14(4-2)19-15)21-11-8-13-7-5-6-10-17-13/h5-7,10,12H,3-4,8-9,11H2,1-2H3,(H,18,19,20). The summed E-state index contributed by atoms with van der Waals surface area (Å²) in [7, 11) is 0. The fourth-order valence-corrected chi connectivity index (χ4v) is 1.85. The minimum Gasteiger partial charge on any atom is -0.477 e. The number of aromatic nitrogens is 3. The van der Waals surface area contributed by atoms with Gasteiger partial charge in [-0.3, -0.25) is 4.98 Å². The molecule has 0 unspecified atom stereocenters. The second kappa shape index (κ2) is 8.19. The summed E-state index contributed by atoms with van der Waals surface area (Å²) in [6, 6.07) is 7.74. The molecule has 5 nitrogen and oxygen atoms in total. The van der Waals surface area contributed by atoms with E-state index >= 15 is 0 Å². The molecule has 112 valence electrons. The monoisotopic (exact) mass is 286 g/mol. The Hall–Kier alpha value is -2.17. The van der Waals surface area contributed by atoms with Gasteiger partial charge in [-0.05, 0) is 18.6 Å². The Morgan fingerprint density at radius 3 is 2.81 bits per heavy atom. The van der Waals surface area contributed by atoms with Crippen LogP contribution < -0.4 is 10.1 Å². The van der Waals surface area contributed by atoms with Crippen LogP contribution >= 0.6 is 0 Å². The van der Waals surface area contributed by atoms with Crippen molar-refractivity contribution in [2.75, 3.05) is 18.5 Å². The van der Waals surface area contributed by atoms with Gasteiger partial charge in [-0.25, -0.2) is 4.98 Å². The summed E-state index contributed by atoms with van der Waals surface area (Å²) < 4.78 is 5.74. The molecule has 0 aliphatic heterocycles. The highest BCUT2D eigenvalue weighted by Crippen LogP contribution is 2.14. The molecule has 2 aromatic heterocycles. The molecule has 21 heavy (non-hydrogen) atoms. The number of rotatable bonds is 8. The van der Waals surface area contributed by atoms with Crippen LogP contribution in [0, 0.1) is 0 Å². The maximum atomic E-state index is 5.74. The van der Waals surface area contributed by atoms with Crippen molar-refractivity contribution in [2.45, 2.75) is 33.1 Å². The fourth-order valence-electron chi connectivity index (χ4n) is 1.85. The first kappa shape index (κ1) is 15.2. The van der Waals surface area contributed by atoms with Crippen LogP contribution in [0.1, 0.15) is 31.8 Å². The van der Waals surface area contributed by atoms with Gasteiger partial charge in [-0.2, -0.15) is 4.98 Å². The van der Waals surface area contributed by atoms with Crippen LogP contribution in [0.15, 0.2) is 30.5 Å². The molecule has 1 N–H and O–H groups in total. The lowest BCUT2D eigenvalue weighted by molar-refractivity contribution is 0.306. The summed E-state index contributed by atoms with van der Waals surface area (Å²) in [5.74, 6) is 2.25. The Morgan fingerprint density at radius 1 is 1.19 bits per heavy atom. The Morgan fingerprint density at radius 2 is 2.10 bits per heavy atom. The van der Waals surface area contributed by atoms with Crippen molar-refractivity contribution in [1.29, 1.82) is 0 Å². The summed E-state index contributed by atoms with van der Waals surface area (Å²) in [4.78, 5) is 13.1. The summed E-state index contributed by atoms with van der Waals surface area (Å²) in [6.07, 6.45) is 4.41. The van der Waals surface area contributed by atoms with Crippen molar-refractivity contribution >= 4 is 5.82 Å². The van der Waals surface area contributed by atoms with E-state index in [4.69, 9.17) is 4.74 Å². The van der Waals surface area contributed by atoms with Gasteiger partial charge in [-0.1, -0.05) is 19.9 Å². The topological polar surface area (TPSA) is 59.9 Å². The number of nitrogens with zero attached hydrogens (tertiary/aromatic N) is 3. The predicted molar refractivity (Wildman–Crippen MR) is 83.6 cm³/mol. The third kappa shape index (κ3) is 5.02. The van der Waals surface area contributed by atoms with Crippen molar-refractivity contribution in [2.24, 2.45) is 0 Å². The lowest BCUT2D eigenvalue weighted by Crippen LogP contribution is -2.08. The first-order valence-electron chi connectivity index (χ1n) is 7.46. The average Bonchev–Trinajstić information content (AvgIpc) is 2.53. The molecule has 0 aromatic carbocycles. The van der Waals surface area contributed by atoms with Gasteiger partial charge in [0.1, 0.15) is 11.6 Å². The average molecular weight is 286 g/mol. The highest BCUT2D eigenvalue weighted by molar-refractivity contribution is 5.38. The molecule has 5 heteroatoms. The van der Waals surface area contributed by atoms with Gasteiger partial charge in [0, 0.05) is 37.3 Å². The second-order valence-corrected chi connectivity index (χ2v) is 4.71. The van der Waals surface area contributed by atoms with E-state index in [1.807, 2.05) is 31.2 Å². The summed E-state index contributed by atoms with van der Waals surface area (Å²) >= 11 is 0. The molecular formula is C16H22N4O. The van der Waals surface area contributed by atoms with Crippen LogP contribution in [-0.4, -0.2) is 28.1 Å². The summed E-state index contributed by atoms with van der Waals surface area (Å²) in [5, 5.41) is 3.27. The number of anilines is 1. The SMILES string of the molecule is CCCNc1cc(OCCc2ccccn2)nc(CC)n1. The zero-order valence-corrected chi connectivity index (χ0v) is 12.7. The number of hydrogen-bond acceptors (Lipinski definition) is 5. The van der Waals surface area contributed by atoms with Crippen LogP contribution in [0.25, 0.3) is 0 Å². The maximum Gasteiger partial charge on any atom is 0.218 e. The summed E-state index contributed by atoms with van der Waals surface area (Å²) in [6.45, 7) is 5.62. The molecule has 2 rings (SSSR count). The van der Waals surface area contributed by atoms with Crippen LogP contribution in [0.2, 0.25) is 0 Å². The molecule has 0 atom stereocenters. The molecule has 2 aromatic rings. The van der Waals surface area contributed by atoms with Crippen molar-refractivity contribution in [3.8, 4) is 5.88 Å². The van der Waals surface area contributed by atoms with E-state index in [0.29, 0.717) is 12.5 Å². The van der Waals surface area contributed by atoms with Crippen LogP contribution in [0.3, 0.4) is 0 Å². The third-order valence-corrected chi connectivity index (χ3v) is 2.96. The number of hydrogen-bond donors (Lipinski definition) is 1. The highest BCUT2D eigenvalue weighted by Gasteiger charge is 2.04. The zero-order valence-electron chi connectivity index (χ0n) is 12.7. The Kier molecular flexibility index (Phi) is 5.94. The van der Waals surface area contributed by atoms with Gasteiger partial charge in [0.15, 0.2) is 0 Å². The molecule has 2 heterocycles. The van der Waals surface area contributed by atoms with E-state index in [1.54, 1.807) is 6.20 Å². The Balaban J connectivity index is 1.95. The molecule has 0 fully saturated rings. The molecule has 0 radical (unpaired) electrons. The van der Waals surface area contributed by atoms with E-state index in [0.717, 1.165) is 43.1 Å². The predicted octanol–water partition coefficient (Wildman–Crippen LogP) is 2.88. The second-order valence-electron chi connectivity index (χ2n) is 4.71. The van der Waals surface area contributed by atoms with Gasteiger partial charge >= 0.3 is 0 Å². The molecular weight excluding hydrogens is 264 g/mol. The normalized spacial score (nSPS) is 10.4. The molecule has 0 aliphatic carbocycles. The highest BCUT2D eigenvalue weighted by atomic mass is 16.5. The molecule has 0 bridgehead atoms. The number of aryl methyl sites for hydroxylation is 1. The van der Waals surface area contributed by atoms with E-state index in [9.17, 15) is 0 Å². The Bertz CT molecular complexity index is 545. The van der Waals surface area contributed by atoms with Gasteiger partial charge in [0.05, 0.1) is 6.61 Å². The van der Waals surface area contributed by atoms with Gasteiger partial charge in [0.2, 0.25) is 5.88 Å². The maximum absolute atomic E-state index is 5.74. The van der Waals surface area contributed by atoms with Crippen molar-refractivity contribution in [3.63, 3.8) is 0 Å². The fraction of sp³-hybridized carbons (Fsp3) is 0.438. The van der Waals surface area contributed by atoms with E-state index in [-0.39, 0.29) is 0 Å². The quantitative estimate of drug-likeness (QED) is 0.808. The molecule has 0 saturated carbocycles. The van der Waals surface area contributed by atoms with Crippen LogP contribution in [0.4, 0.5) is 5.82 Å². The third-order valence-electron chi connectivity index (χ3n) is 2.96. The smallest absolute Gasteiger partial charge is 0.218 e. The van der Waals surface area contributed by atoms with Crippen molar-refractivity contribution in [3.05, 3.63) is 42.0 Å². The minimum atomic E-state index is 0.560. The molecule has 0 saturated heterocycles. The molecule has 0 spiro atoms. The summed E-state index contributed by atoms with van der Waals surface area (Å²) in [5.41, 5.74) is 1.02. The van der Waals surface area contributed by atoms with E-state index in [2.05, 4.69) is 27.2 Å². The van der Waals surface area contributed by atoms with Gasteiger partial charge in [-0.15, -0.1) is 0 Å². The number of ether oxygens (including phenoxy) is 1. The lowest BCUT2D eigenvalue weighted by Gasteiger charge is -2.10. The largest absolute Gasteiger partial charge is 0.477 e. The van der Waals surface area contributed by atoms with Gasteiger partial charge < -0.3 is 10.1 Å². The molecule has 0 aliphatic rings. The van der Waals surface area contributed by atoms with Crippen molar-refractivity contribution in [1.82, 2.24) is 15.0 Å². The van der Waals surface area contributed by atoms with Crippen LogP contribution in [-0.2, 0) is 12.8 Å².